The van der Waals surface area contributed by atoms with Crippen LogP contribution in [0.4, 0.5) is 20.2 Å². The monoisotopic (exact) mass is 312 g/mol. The smallest absolute Gasteiger partial charge is 0.338 e. The van der Waals surface area contributed by atoms with Gasteiger partial charge in [0.25, 0.3) is 5.69 Å². The molecule has 0 saturated carbocycles. The Balaban J connectivity index is 2.11. The predicted molar refractivity (Wildman–Crippen MR) is 70.1 cm³/mol. The highest BCUT2D eigenvalue weighted by atomic mass is 19.3. The summed E-state index contributed by atoms with van der Waals surface area (Å²) in [7, 11) is 0. The van der Waals surface area contributed by atoms with Crippen molar-refractivity contribution in [2.45, 2.75) is 13.2 Å². The van der Waals surface area contributed by atoms with Crippen LogP contribution in [0.1, 0.15) is 22.7 Å². The van der Waals surface area contributed by atoms with E-state index in [1.54, 1.807) is 0 Å². The van der Waals surface area contributed by atoms with E-state index in [2.05, 4.69) is 4.98 Å². The number of nitro groups is 1. The van der Waals surface area contributed by atoms with Crippen LogP contribution < -0.4 is 5.73 Å². The first-order valence-electron chi connectivity index (χ1n) is 5.91. The van der Waals surface area contributed by atoms with Crippen LogP contribution in [0.3, 0.4) is 0 Å². The van der Waals surface area contributed by atoms with E-state index in [0.29, 0.717) is 4.57 Å². The number of alkyl halides is 2. The van der Waals surface area contributed by atoms with E-state index in [9.17, 15) is 23.7 Å². The third-order valence-corrected chi connectivity index (χ3v) is 2.75. The quantitative estimate of drug-likeness (QED) is 0.391. The largest absolute Gasteiger partial charge is 0.454 e. The number of hydrogen-bond donors (Lipinski definition) is 1. The summed E-state index contributed by atoms with van der Waals surface area (Å²) in [5, 5.41) is 10.7. The first kappa shape index (κ1) is 15.4. The molecule has 0 aliphatic carbocycles. The van der Waals surface area contributed by atoms with Gasteiger partial charge in [-0.1, -0.05) is 0 Å². The van der Waals surface area contributed by atoms with Crippen molar-refractivity contribution in [3.8, 4) is 0 Å². The first-order valence-corrected chi connectivity index (χ1v) is 5.91. The van der Waals surface area contributed by atoms with E-state index in [1.807, 2.05) is 0 Å². The minimum atomic E-state index is -2.81. The number of esters is 1. The number of hydrogen-bond acceptors (Lipinski definition) is 6. The maximum atomic E-state index is 12.6. The molecule has 0 bridgehead atoms. The van der Waals surface area contributed by atoms with Crippen LogP contribution in [0.15, 0.2) is 30.6 Å². The normalized spacial score (nSPS) is 10.7. The number of nitro benzene ring substituents is 1. The summed E-state index contributed by atoms with van der Waals surface area (Å²) in [4.78, 5) is 25.4. The lowest BCUT2D eigenvalue weighted by Gasteiger charge is -2.07. The van der Waals surface area contributed by atoms with Gasteiger partial charge in [0.2, 0.25) is 0 Å². The van der Waals surface area contributed by atoms with Gasteiger partial charge < -0.3 is 10.5 Å². The molecule has 22 heavy (non-hydrogen) atoms. The summed E-state index contributed by atoms with van der Waals surface area (Å²) < 4.78 is 30.5. The van der Waals surface area contributed by atoms with Crippen molar-refractivity contribution < 1.29 is 23.2 Å². The van der Waals surface area contributed by atoms with E-state index in [0.717, 1.165) is 18.5 Å². The Kier molecular flexibility index (Phi) is 4.30. The number of imidazole rings is 1. The number of anilines is 1. The molecule has 2 aromatic rings. The van der Waals surface area contributed by atoms with Crippen LogP contribution in [0.25, 0.3) is 0 Å². The lowest BCUT2D eigenvalue weighted by molar-refractivity contribution is -0.383. The van der Waals surface area contributed by atoms with E-state index in [1.165, 1.54) is 12.1 Å². The molecule has 2 rings (SSSR count). The van der Waals surface area contributed by atoms with Gasteiger partial charge in [0.1, 0.15) is 12.3 Å². The van der Waals surface area contributed by atoms with Crippen LogP contribution in [0.2, 0.25) is 0 Å². The number of ether oxygens (including phenoxy) is 1. The zero-order valence-electron chi connectivity index (χ0n) is 11.0. The van der Waals surface area contributed by atoms with Crippen LogP contribution in [-0.4, -0.2) is 20.4 Å². The Hall–Kier alpha value is -3.04. The number of nitrogens with zero attached hydrogens (tertiary/aromatic N) is 3. The minimum absolute atomic E-state index is 0.102. The molecule has 2 N–H and O–H groups in total. The molecular weight excluding hydrogens is 302 g/mol. The van der Waals surface area contributed by atoms with Crippen molar-refractivity contribution in [3.63, 3.8) is 0 Å². The number of carbonyl (C=O) groups excluding carboxylic acids is 1. The Labute approximate surface area is 122 Å². The third-order valence-electron chi connectivity index (χ3n) is 2.75. The Morgan fingerprint density at radius 3 is 2.86 bits per heavy atom. The summed E-state index contributed by atoms with van der Waals surface area (Å²) in [6.45, 7) is -3.30. The lowest BCUT2D eigenvalue weighted by Crippen LogP contribution is -2.10. The van der Waals surface area contributed by atoms with Crippen molar-refractivity contribution in [3.05, 3.63) is 52.1 Å². The first-order chi connectivity index (χ1) is 10.4. The maximum Gasteiger partial charge on any atom is 0.338 e. The molecule has 1 heterocycles. The second-order valence-electron chi connectivity index (χ2n) is 4.14. The second kappa shape index (κ2) is 6.16. The van der Waals surface area contributed by atoms with E-state index in [4.69, 9.17) is 10.5 Å². The Bertz CT molecular complexity index is 717. The standard InChI is InChI=1S/C12H10F2N4O4/c13-12(14)17-4-3-16-10(17)6-22-11(19)7-1-2-8(15)9(5-7)18(20)21/h1-5,12H,6,15H2. The van der Waals surface area contributed by atoms with Gasteiger partial charge >= 0.3 is 12.5 Å². The van der Waals surface area contributed by atoms with Gasteiger partial charge in [-0.2, -0.15) is 8.78 Å². The second-order valence-corrected chi connectivity index (χ2v) is 4.14. The summed E-state index contributed by atoms with van der Waals surface area (Å²) >= 11 is 0. The molecule has 0 aliphatic heterocycles. The van der Waals surface area contributed by atoms with Crippen LogP contribution >= 0.6 is 0 Å². The number of halogens is 2. The summed E-state index contributed by atoms with van der Waals surface area (Å²) in [6, 6.07) is 3.39. The average molecular weight is 312 g/mol. The molecule has 0 amide bonds. The van der Waals surface area contributed by atoms with Gasteiger partial charge in [-0.15, -0.1) is 0 Å². The molecule has 0 unspecified atom stereocenters. The molecule has 10 heteroatoms. The molecular formula is C12H10F2N4O4. The molecule has 8 nitrogen and oxygen atoms in total. The van der Waals surface area contributed by atoms with E-state index >= 15 is 0 Å². The van der Waals surface area contributed by atoms with Gasteiger partial charge in [0.05, 0.1) is 10.5 Å². The van der Waals surface area contributed by atoms with E-state index < -0.39 is 29.7 Å². The maximum absolute atomic E-state index is 12.6. The SMILES string of the molecule is Nc1ccc(C(=O)OCc2nccn2C(F)F)cc1[N+](=O)[O-]. The number of carbonyl (C=O) groups is 1. The van der Waals surface area contributed by atoms with Crippen LogP contribution in [0, 0.1) is 10.1 Å². The third kappa shape index (κ3) is 3.16. The number of nitrogens with two attached hydrogens (primary N) is 1. The predicted octanol–water partition coefficient (Wildman–Crippen LogP) is 2.13. The molecule has 0 atom stereocenters. The zero-order chi connectivity index (χ0) is 16.3. The van der Waals surface area contributed by atoms with Crippen molar-refractivity contribution in [2.75, 3.05) is 5.73 Å². The van der Waals surface area contributed by atoms with Crippen LogP contribution in [0.5, 0.6) is 0 Å². The zero-order valence-corrected chi connectivity index (χ0v) is 11.0. The summed E-state index contributed by atoms with van der Waals surface area (Å²) in [5.74, 6) is -1.06. The molecule has 0 aliphatic rings. The van der Waals surface area contributed by atoms with Crippen molar-refractivity contribution in [1.82, 2.24) is 9.55 Å². The summed E-state index contributed by atoms with van der Waals surface area (Å²) in [6.07, 6.45) is 2.19. The molecule has 1 aromatic carbocycles. The molecule has 0 spiro atoms. The molecule has 0 radical (unpaired) electrons. The van der Waals surface area contributed by atoms with Gasteiger partial charge in [-0.3, -0.25) is 14.7 Å². The fraction of sp³-hybridized carbons (Fsp3) is 0.167. The van der Waals surface area contributed by atoms with Crippen molar-refractivity contribution in [1.29, 1.82) is 0 Å². The highest BCUT2D eigenvalue weighted by Gasteiger charge is 2.18. The molecule has 116 valence electrons. The van der Waals surface area contributed by atoms with Gasteiger partial charge in [-0.05, 0) is 12.1 Å². The topological polar surface area (TPSA) is 113 Å². The molecule has 1 aromatic heterocycles. The Morgan fingerprint density at radius 2 is 2.23 bits per heavy atom. The number of nitrogen functional groups attached to an aromatic ring is 1. The fourth-order valence-corrected chi connectivity index (χ4v) is 1.68. The average Bonchev–Trinajstić information content (AvgIpc) is 2.93. The Morgan fingerprint density at radius 1 is 1.50 bits per heavy atom. The summed E-state index contributed by atoms with van der Waals surface area (Å²) in [5.41, 5.74) is 4.75. The molecule has 0 saturated heterocycles. The molecule has 0 fully saturated rings. The van der Waals surface area contributed by atoms with Crippen molar-refractivity contribution in [2.24, 2.45) is 0 Å². The van der Waals surface area contributed by atoms with E-state index in [-0.39, 0.29) is 17.1 Å². The fourth-order valence-electron chi connectivity index (χ4n) is 1.68. The van der Waals surface area contributed by atoms with Gasteiger partial charge in [0, 0.05) is 18.5 Å². The number of aromatic nitrogens is 2. The van der Waals surface area contributed by atoms with Crippen LogP contribution in [-0.2, 0) is 11.3 Å². The number of benzene rings is 1. The highest BCUT2D eigenvalue weighted by Crippen LogP contribution is 2.23. The lowest BCUT2D eigenvalue weighted by atomic mass is 10.2. The highest BCUT2D eigenvalue weighted by molar-refractivity contribution is 5.91. The number of rotatable bonds is 5. The van der Waals surface area contributed by atoms with Gasteiger partial charge in [-0.25, -0.2) is 9.78 Å². The van der Waals surface area contributed by atoms with Gasteiger partial charge in [0.15, 0.2) is 5.82 Å². The van der Waals surface area contributed by atoms with Crippen molar-refractivity contribution >= 4 is 17.3 Å². The minimum Gasteiger partial charge on any atom is -0.454 e.